The molecule has 0 radical (unpaired) electrons. The average Bonchev–Trinajstić information content (AvgIpc) is 3.32. The molecule has 0 saturated heterocycles. The van der Waals surface area contributed by atoms with Gasteiger partial charge >= 0.3 is 0 Å². The molecule has 24 heavy (non-hydrogen) atoms. The van der Waals surface area contributed by atoms with Crippen LogP contribution in [-0.2, 0) is 13.6 Å². The molecule has 7 nitrogen and oxygen atoms in total. The van der Waals surface area contributed by atoms with Crippen LogP contribution in [0.25, 0.3) is 28.3 Å². The van der Waals surface area contributed by atoms with Crippen molar-refractivity contribution in [3.63, 3.8) is 0 Å². The van der Waals surface area contributed by atoms with Gasteiger partial charge < -0.3 is 0 Å². The van der Waals surface area contributed by atoms with Gasteiger partial charge in [0, 0.05) is 55.8 Å². The van der Waals surface area contributed by atoms with Gasteiger partial charge in [-0.2, -0.15) is 22.0 Å². The predicted octanol–water partition coefficient (Wildman–Crippen LogP) is 2.36. The van der Waals surface area contributed by atoms with Gasteiger partial charge in [-0.25, -0.2) is 9.97 Å². The first-order valence-electron chi connectivity index (χ1n) is 7.59. The molecular formula is C16H17N7S. The summed E-state index contributed by atoms with van der Waals surface area (Å²) in [6.45, 7) is 0.885. The van der Waals surface area contributed by atoms with Gasteiger partial charge in [0.25, 0.3) is 0 Å². The highest BCUT2D eigenvalue weighted by molar-refractivity contribution is 7.98. The van der Waals surface area contributed by atoms with Gasteiger partial charge in [-0.05, 0) is 6.26 Å². The van der Waals surface area contributed by atoms with E-state index in [0.29, 0.717) is 0 Å². The molecular weight excluding hydrogens is 322 g/mol. The van der Waals surface area contributed by atoms with E-state index in [1.807, 2.05) is 53.2 Å². The number of aryl methyl sites for hydroxylation is 2. The lowest BCUT2D eigenvalue weighted by atomic mass is 10.2. The summed E-state index contributed by atoms with van der Waals surface area (Å²) in [6.07, 6.45) is 13.5. The molecule has 4 aromatic rings. The zero-order valence-electron chi connectivity index (χ0n) is 13.5. The summed E-state index contributed by atoms with van der Waals surface area (Å²) >= 11 is 1.81. The molecule has 8 heteroatoms. The molecule has 122 valence electrons. The molecule has 0 aliphatic heterocycles. The first kappa shape index (κ1) is 14.9. The van der Waals surface area contributed by atoms with Gasteiger partial charge in [-0.15, -0.1) is 0 Å². The Labute approximate surface area is 143 Å². The quantitative estimate of drug-likeness (QED) is 0.558. The fourth-order valence-electron chi connectivity index (χ4n) is 2.61. The number of fused-ring (bicyclic) bond motifs is 1. The molecule has 0 bridgehead atoms. The van der Waals surface area contributed by atoms with E-state index in [1.165, 1.54) is 0 Å². The van der Waals surface area contributed by atoms with Crippen LogP contribution in [-0.4, -0.2) is 45.9 Å². The van der Waals surface area contributed by atoms with E-state index in [0.717, 1.165) is 40.6 Å². The zero-order valence-corrected chi connectivity index (χ0v) is 14.3. The number of hydrogen-bond acceptors (Lipinski definition) is 5. The predicted molar refractivity (Wildman–Crippen MR) is 94.8 cm³/mol. The van der Waals surface area contributed by atoms with Gasteiger partial charge in [0.05, 0.1) is 23.7 Å². The minimum Gasteiger partial charge on any atom is -0.284 e. The standard InChI is InChI=1S/C16H17N7S/c1-21-10-12(8-18-21)14-7-15-17-3-4-23(15)16(20-14)13-9-19-22(11-13)5-6-24-2/h3-4,7-11H,5-6H2,1-2H3. The minimum atomic E-state index is 0.833. The summed E-state index contributed by atoms with van der Waals surface area (Å²) in [5.41, 5.74) is 3.66. The maximum Gasteiger partial charge on any atom is 0.149 e. The molecule has 0 aliphatic rings. The maximum atomic E-state index is 4.83. The Morgan fingerprint density at radius 3 is 2.79 bits per heavy atom. The van der Waals surface area contributed by atoms with Crippen molar-refractivity contribution in [2.45, 2.75) is 6.54 Å². The second-order valence-corrected chi connectivity index (χ2v) is 6.49. The number of nitrogens with zero attached hydrogens (tertiary/aromatic N) is 7. The fourth-order valence-corrected chi connectivity index (χ4v) is 2.98. The van der Waals surface area contributed by atoms with Crippen LogP contribution in [0.5, 0.6) is 0 Å². The van der Waals surface area contributed by atoms with E-state index in [-0.39, 0.29) is 0 Å². The van der Waals surface area contributed by atoms with Crippen LogP contribution < -0.4 is 0 Å². The Morgan fingerprint density at radius 1 is 1.12 bits per heavy atom. The lowest BCUT2D eigenvalue weighted by molar-refractivity contribution is 0.667. The lowest BCUT2D eigenvalue weighted by Gasteiger charge is -2.05. The Kier molecular flexibility index (Phi) is 3.81. The van der Waals surface area contributed by atoms with Gasteiger partial charge in [0.15, 0.2) is 0 Å². The number of imidazole rings is 1. The van der Waals surface area contributed by atoms with Crippen molar-refractivity contribution in [2.24, 2.45) is 7.05 Å². The highest BCUT2D eigenvalue weighted by Gasteiger charge is 2.13. The zero-order chi connectivity index (χ0) is 16.5. The minimum absolute atomic E-state index is 0.833. The second-order valence-electron chi connectivity index (χ2n) is 5.51. The highest BCUT2D eigenvalue weighted by Crippen LogP contribution is 2.24. The smallest absolute Gasteiger partial charge is 0.149 e. The molecule has 0 N–H and O–H groups in total. The molecule has 0 aliphatic carbocycles. The maximum absolute atomic E-state index is 4.83. The fraction of sp³-hybridized carbons (Fsp3) is 0.250. The van der Waals surface area contributed by atoms with Gasteiger partial charge in [0.1, 0.15) is 11.5 Å². The van der Waals surface area contributed by atoms with Crippen LogP contribution in [0.3, 0.4) is 0 Å². The lowest BCUT2D eigenvalue weighted by Crippen LogP contribution is -2.00. The molecule has 0 unspecified atom stereocenters. The van der Waals surface area contributed by atoms with E-state index in [4.69, 9.17) is 4.98 Å². The Morgan fingerprint density at radius 2 is 2.00 bits per heavy atom. The van der Waals surface area contributed by atoms with Crippen molar-refractivity contribution in [1.29, 1.82) is 0 Å². The van der Waals surface area contributed by atoms with Crippen molar-refractivity contribution >= 4 is 17.4 Å². The third-order valence-corrected chi connectivity index (χ3v) is 4.40. The monoisotopic (exact) mass is 339 g/mol. The van der Waals surface area contributed by atoms with Gasteiger partial charge in [-0.3, -0.25) is 13.8 Å². The van der Waals surface area contributed by atoms with Crippen molar-refractivity contribution < 1.29 is 0 Å². The molecule has 0 fully saturated rings. The molecule has 0 atom stereocenters. The van der Waals surface area contributed by atoms with Crippen molar-refractivity contribution in [3.8, 4) is 22.6 Å². The van der Waals surface area contributed by atoms with Crippen molar-refractivity contribution in [3.05, 3.63) is 43.2 Å². The van der Waals surface area contributed by atoms with Crippen LogP contribution in [0.15, 0.2) is 43.2 Å². The molecule has 4 heterocycles. The molecule has 0 amide bonds. The number of rotatable bonds is 5. The third-order valence-electron chi connectivity index (χ3n) is 3.81. The van der Waals surface area contributed by atoms with E-state index < -0.39 is 0 Å². The molecule has 4 rings (SSSR count). The summed E-state index contributed by atoms with van der Waals surface area (Å²) < 4.78 is 5.70. The Bertz CT molecular complexity index is 981. The Hall–Kier alpha value is -2.61. The van der Waals surface area contributed by atoms with Crippen molar-refractivity contribution in [2.75, 3.05) is 12.0 Å². The van der Waals surface area contributed by atoms with Crippen LogP contribution in [0.2, 0.25) is 0 Å². The number of hydrogen-bond donors (Lipinski definition) is 0. The first-order chi connectivity index (χ1) is 11.7. The van der Waals surface area contributed by atoms with Crippen molar-refractivity contribution in [1.82, 2.24) is 33.9 Å². The summed E-state index contributed by atoms with van der Waals surface area (Å²) in [7, 11) is 1.90. The Balaban J connectivity index is 1.81. The topological polar surface area (TPSA) is 65.8 Å². The van der Waals surface area contributed by atoms with E-state index in [1.54, 1.807) is 22.6 Å². The summed E-state index contributed by atoms with van der Waals surface area (Å²) in [4.78, 5) is 9.25. The second kappa shape index (κ2) is 6.12. The average molecular weight is 339 g/mol. The van der Waals surface area contributed by atoms with Crippen LogP contribution >= 0.6 is 11.8 Å². The highest BCUT2D eigenvalue weighted by atomic mass is 32.2. The van der Waals surface area contributed by atoms with Gasteiger partial charge in [-0.1, -0.05) is 0 Å². The third kappa shape index (κ3) is 2.69. The molecule has 0 saturated carbocycles. The van der Waals surface area contributed by atoms with Crippen LogP contribution in [0.1, 0.15) is 0 Å². The molecule has 0 aromatic carbocycles. The number of aromatic nitrogens is 7. The normalized spacial score (nSPS) is 11.4. The molecule has 4 aromatic heterocycles. The van der Waals surface area contributed by atoms with E-state index >= 15 is 0 Å². The summed E-state index contributed by atoms with van der Waals surface area (Å²) in [6, 6.07) is 1.97. The SMILES string of the molecule is CSCCn1cc(-c2nc(-c3cnn(C)c3)cc3nccn23)cn1. The van der Waals surface area contributed by atoms with E-state index in [2.05, 4.69) is 21.4 Å². The number of thioether (sulfide) groups is 1. The summed E-state index contributed by atoms with van der Waals surface area (Å²) in [5, 5.41) is 8.67. The molecule has 0 spiro atoms. The first-order valence-corrected chi connectivity index (χ1v) is 8.99. The summed E-state index contributed by atoms with van der Waals surface area (Å²) in [5.74, 6) is 1.87. The van der Waals surface area contributed by atoms with Crippen LogP contribution in [0.4, 0.5) is 0 Å². The largest absolute Gasteiger partial charge is 0.284 e. The van der Waals surface area contributed by atoms with Gasteiger partial charge in [0.2, 0.25) is 0 Å². The van der Waals surface area contributed by atoms with Crippen LogP contribution in [0, 0.1) is 0 Å². The van der Waals surface area contributed by atoms with E-state index in [9.17, 15) is 0 Å².